The molecule has 1 aromatic rings. The van der Waals surface area contributed by atoms with Crippen molar-refractivity contribution in [2.75, 3.05) is 0 Å². The minimum Gasteiger partial charge on any atom is -0.438 e. The van der Waals surface area contributed by atoms with E-state index in [0.717, 1.165) is 6.92 Å². The lowest BCUT2D eigenvalue weighted by Crippen LogP contribution is -2.57. The maximum atomic E-state index is 12.8. The van der Waals surface area contributed by atoms with Crippen molar-refractivity contribution in [1.29, 1.82) is 0 Å². The van der Waals surface area contributed by atoms with Crippen LogP contribution in [0, 0.1) is 0 Å². The highest BCUT2D eigenvalue weighted by Crippen LogP contribution is 2.09. The topological polar surface area (TPSA) is 139 Å². The van der Waals surface area contributed by atoms with Crippen molar-refractivity contribution in [3.8, 4) is 0 Å². The van der Waals surface area contributed by atoms with Crippen molar-refractivity contribution in [2.45, 2.75) is 53.3 Å². The Balaban J connectivity index is 3.70. The fourth-order valence-electron chi connectivity index (χ4n) is 2.15. The summed E-state index contributed by atoms with van der Waals surface area (Å²) in [5.41, 5.74) is -3.57. The first kappa shape index (κ1) is 22.8. The molecule has 0 saturated heterocycles. The zero-order chi connectivity index (χ0) is 21.9. The smallest absolute Gasteiger partial charge is 0.342 e. The Kier molecular flexibility index (Phi) is 7.05. The van der Waals surface area contributed by atoms with Gasteiger partial charge in [-0.25, -0.2) is 37.7 Å². The second-order valence-electron chi connectivity index (χ2n) is 6.16. The number of ether oxygens (including phenoxy) is 2. The van der Waals surface area contributed by atoms with Crippen molar-refractivity contribution >= 4 is 11.9 Å². The summed E-state index contributed by atoms with van der Waals surface area (Å²) in [5, 5.41) is 9.82. The number of hydrogen-bond acceptors (Lipinski definition) is 8. The molecule has 3 atom stereocenters. The Morgan fingerprint density at radius 2 is 1.07 bits per heavy atom. The van der Waals surface area contributed by atoms with Crippen LogP contribution in [0.3, 0.4) is 0 Å². The standard InChI is InChI=1S/C17H23N3O8/c1-8(2)13(22)27-11(6)19-15(24)18(10(5)21)16(25)20(17(19)26)12(7)28-14(23)9(3)4/h10-12,21H,1,3H2,2,4-7H3. The molecule has 11 nitrogen and oxygen atoms in total. The van der Waals surface area contributed by atoms with Gasteiger partial charge in [0, 0.05) is 11.1 Å². The van der Waals surface area contributed by atoms with Crippen molar-refractivity contribution in [1.82, 2.24) is 13.7 Å². The van der Waals surface area contributed by atoms with Gasteiger partial charge in [0.05, 0.1) is 0 Å². The Morgan fingerprint density at radius 1 is 0.786 bits per heavy atom. The van der Waals surface area contributed by atoms with E-state index in [4.69, 9.17) is 9.47 Å². The second kappa shape index (κ2) is 8.65. The Bertz CT molecular complexity index is 923. The van der Waals surface area contributed by atoms with Gasteiger partial charge in [0.2, 0.25) is 0 Å². The molecule has 0 amide bonds. The third-order valence-corrected chi connectivity index (χ3v) is 3.59. The Labute approximate surface area is 159 Å². The van der Waals surface area contributed by atoms with Crippen LogP contribution in [-0.4, -0.2) is 30.7 Å². The minimum atomic E-state index is -1.62. The minimum absolute atomic E-state index is 0.0211. The summed E-state index contributed by atoms with van der Waals surface area (Å²) >= 11 is 0. The molecule has 0 spiro atoms. The summed E-state index contributed by atoms with van der Waals surface area (Å²) in [4.78, 5) is 61.4. The molecule has 0 aliphatic carbocycles. The lowest BCUT2D eigenvalue weighted by Gasteiger charge is -2.22. The first-order chi connectivity index (χ1) is 12.8. The van der Waals surface area contributed by atoms with Crippen LogP contribution >= 0.6 is 0 Å². The molecule has 0 aromatic carbocycles. The molecule has 0 fully saturated rings. The van der Waals surface area contributed by atoms with E-state index < -0.39 is 47.7 Å². The van der Waals surface area contributed by atoms with E-state index in [-0.39, 0.29) is 11.1 Å². The van der Waals surface area contributed by atoms with Gasteiger partial charge in [-0.15, -0.1) is 0 Å². The number of carbonyl (C=O) groups is 2. The van der Waals surface area contributed by atoms with Crippen LogP contribution in [-0.2, 0) is 19.1 Å². The van der Waals surface area contributed by atoms with Crippen LogP contribution in [0.25, 0.3) is 0 Å². The van der Waals surface area contributed by atoms with Crippen LogP contribution in [0.4, 0.5) is 0 Å². The van der Waals surface area contributed by atoms with Gasteiger partial charge in [-0.2, -0.15) is 0 Å². The molecule has 28 heavy (non-hydrogen) atoms. The van der Waals surface area contributed by atoms with E-state index in [1.54, 1.807) is 0 Å². The van der Waals surface area contributed by atoms with Crippen LogP contribution < -0.4 is 17.1 Å². The molecule has 1 N–H and O–H groups in total. The molecule has 0 aliphatic heterocycles. The molecule has 0 bridgehead atoms. The van der Waals surface area contributed by atoms with Gasteiger partial charge in [0.1, 0.15) is 6.23 Å². The van der Waals surface area contributed by atoms with E-state index in [1.165, 1.54) is 27.7 Å². The molecular weight excluding hydrogens is 374 g/mol. The van der Waals surface area contributed by atoms with Gasteiger partial charge in [0.25, 0.3) is 0 Å². The number of aromatic nitrogens is 3. The summed E-state index contributed by atoms with van der Waals surface area (Å²) in [6.07, 6.45) is -4.50. The number of aliphatic hydroxyl groups excluding tert-OH is 1. The molecule has 11 heteroatoms. The maximum absolute atomic E-state index is 12.8. The molecule has 1 aromatic heterocycles. The highest BCUT2D eigenvalue weighted by atomic mass is 16.6. The van der Waals surface area contributed by atoms with Crippen LogP contribution in [0.2, 0.25) is 0 Å². The number of hydrogen-bond donors (Lipinski definition) is 1. The number of nitrogens with zero attached hydrogens (tertiary/aromatic N) is 3. The predicted octanol–water partition coefficient (Wildman–Crippen LogP) is -0.0419. The SMILES string of the molecule is C=C(C)C(=O)OC(C)n1c(=O)n(C(C)O)c(=O)n(C(C)OC(=O)C(=C)C)c1=O. The van der Waals surface area contributed by atoms with Crippen LogP contribution in [0.15, 0.2) is 38.7 Å². The maximum Gasteiger partial charge on any atom is 0.342 e. The highest BCUT2D eigenvalue weighted by Gasteiger charge is 2.27. The largest absolute Gasteiger partial charge is 0.438 e. The molecule has 3 unspecified atom stereocenters. The van der Waals surface area contributed by atoms with Gasteiger partial charge in [0.15, 0.2) is 12.5 Å². The van der Waals surface area contributed by atoms with Gasteiger partial charge in [-0.05, 0) is 34.6 Å². The molecule has 1 rings (SSSR count). The molecule has 0 radical (unpaired) electrons. The summed E-state index contributed by atoms with van der Waals surface area (Å²) in [6, 6.07) is 0. The zero-order valence-corrected chi connectivity index (χ0v) is 16.3. The van der Waals surface area contributed by atoms with Gasteiger partial charge in [-0.3, -0.25) is 0 Å². The normalized spacial score (nSPS) is 13.9. The average molecular weight is 397 g/mol. The first-order valence-corrected chi connectivity index (χ1v) is 8.21. The van der Waals surface area contributed by atoms with Crippen LogP contribution in [0.5, 0.6) is 0 Å². The number of aliphatic hydroxyl groups is 1. The fraction of sp³-hybridized carbons (Fsp3) is 0.471. The van der Waals surface area contributed by atoms with Crippen molar-refractivity contribution in [2.24, 2.45) is 0 Å². The lowest BCUT2D eigenvalue weighted by atomic mass is 10.4. The third kappa shape index (κ3) is 4.55. The van der Waals surface area contributed by atoms with Crippen molar-refractivity contribution in [3.63, 3.8) is 0 Å². The van der Waals surface area contributed by atoms with E-state index in [1.807, 2.05) is 0 Å². The average Bonchev–Trinajstić information content (AvgIpc) is 2.53. The fourth-order valence-corrected chi connectivity index (χ4v) is 2.15. The highest BCUT2D eigenvalue weighted by molar-refractivity contribution is 5.87. The predicted molar refractivity (Wildman–Crippen MR) is 97.4 cm³/mol. The quantitative estimate of drug-likeness (QED) is 0.499. The lowest BCUT2D eigenvalue weighted by molar-refractivity contribution is -0.149. The second-order valence-corrected chi connectivity index (χ2v) is 6.16. The van der Waals surface area contributed by atoms with Crippen molar-refractivity contribution < 1.29 is 24.2 Å². The van der Waals surface area contributed by atoms with Gasteiger partial charge < -0.3 is 14.6 Å². The molecule has 0 saturated carbocycles. The van der Waals surface area contributed by atoms with E-state index >= 15 is 0 Å². The molecule has 154 valence electrons. The summed E-state index contributed by atoms with van der Waals surface area (Å²) in [6.45, 7) is 13.1. The number of carbonyl (C=O) groups excluding carboxylic acids is 2. The zero-order valence-electron chi connectivity index (χ0n) is 16.3. The number of esters is 2. The molecule has 0 aliphatic rings. The monoisotopic (exact) mass is 397 g/mol. The van der Waals surface area contributed by atoms with Crippen molar-refractivity contribution in [3.05, 3.63) is 55.8 Å². The summed E-state index contributed by atoms with van der Waals surface area (Å²) < 4.78 is 11.2. The Morgan fingerprint density at radius 3 is 1.32 bits per heavy atom. The summed E-state index contributed by atoms with van der Waals surface area (Å²) in [5.74, 6) is -1.75. The number of rotatable bonds is 7. The first-order valence-electron chi connectivity index (χ1n) is 8.21. The van der Waals surface area contributed by atoms with Gasteiger partial charge >= 0.3 is 29.0 Å². The van der Waals surface area contributed by atoms with Crippen LogP contribution in [0.1, 0.15) is 53.3 Å². The molecule has 1 heterocycles. The van der Waals surface area contributed by atoms with E-state index in [0.29, 0.717) is 13.7 Å². The summed E-state index contributed by atoms with van der Waals surface area (Å²) in [7, 11) is 0. The van der Waals surface area contributed by atoms with E-state index in [2.05, 4.69) is 13.2 Å². The van der Waals surface area contributed by atoms with Gasteiger partial charge in [-0.1, -0.05) is 13.2 Å². The van der Waals surface area contributed by atoms with E-state index in [9.17, 15) is 29.1 Å². The Hall–Kier alpha value is -3.21. The molecular formula is C17H23N3O8. The third-order valence-electron chi connectivity index (χ3n) is 3.59.